The molecule has 0 radical (unpaired) electrons. The van der Waals surface area contributed by atoms with Crippen molar-refractivity contribution in [2.75, 3.05) is 6.61 Å². The minimum atomic E-state index is -0.632. The highest BCUT2D eigenvalue weighted by Crippen LogP contribution is 2.28. The molecule has 0 saturated heterocycles. The normalized spacial score (nSPS) is 14.7. The Morgan fingerprint density at radius 1 is 1.00 bits per heavy atom. The van der Waals surface area contributed by atoms with Crippen molar-refractivity contribution in [3.05, 3.63) is 90.8 Å². The third-order valence-corrected chi connectivity index (χ3v) is 7.57. The van der Waals surface area contributed by atoms with Gasteiger partial charge in [-0.1, -0.05) is 68.7 Å². The third-order valence-electron chi connectivity index (χ3n) is 7.57. The number of nitrogens with one attached hydrogen (secondary N) is 1. The second-order valence-corrected chi connectivity index (χ2v) is 10.8. The number of Topliss-reactive ketones (excluding diaryl/α,β-unsaturated/α-hetero) is 2. The Hall–Kier alpha value is -3.54. The molecule has 0 aromatic heterocycles. The van der Waals surface area contributed by atoms with Gasteiger partial charge in [0, 0.05) is 25.2 Å². The van der Waals surface area contributed by atoms with E-state index in [0.29, 0.717) is 51.0 Å². The molecule has 1 amide bonds. The van der Waals surface area contributed by atoms with E-state index in [2.05, 4.69) is 18.5 Å². The van der Waals surface area contributed by atoms with Crippen LogP contribution in [-0.2, 0) is 27.2 Å². The smallest absolute Gasteiger partial charge is 0.224 e. The Morgan fingerprint density at radius 3 is 2.45 bits per heavy atom. The highest BCUT2D eigenvalue weighted by molar-refractivity contribution is 5.92. The van der Waals surface area contributed by atoms with E-state index in [1.807, 2.05) is 24.3 Å². The Kier molecular flexibility index (Phi) is 12.8. The van der Waals surface area contributed by atoms with Crippen molar-refractivity contribution in [2.45, 2.75) is 76.7 Å². The van der Waals surface area contributed by atoms with Gasteiger partial charge in [-0.05, 0) is 67.0 Å². The Labute approximate surface area is 237 Å². The maximum absolute atomic E-state index is 13.5. The van der Waals surface area contributed by atoms with Crippen molar-refractivity contribution in [1.82, 2.24) is 5.32 Å². The second kappa shape index (κ2) is 16.5. The maximum atomic E-state index is 13.5. The molecule has 1 saturated carbocycles. The number of aryl methyl sites for hydroxylation is 2. The number of ether oxygens (including phenoxy) is 1. The first-order valence-corrected chi connectivity index (χ1v) is 14.4. The summed E-state index contributed by atoms with van der Waals surface area (Å²) in [6.07, 6.45) is 10.4. The molecule has 6 heteroatoms. The average molecular weight is 548 g/mol. The van der Waals surface area contributed by atoms with Crippen LogP contribution in [-0.4, -0.2) is 30.1 Å². The van der Waals surface area contributed by atoms with Gasteiger partial charge >= 0.3 is 0 Å². The van der Waals surface area contributed by atoms with Gasteiger partial charge in [-0.2, -0.15) is 0 Å². The molecule has 214 valence electrons. The minimum Gasteiger partial charge on any atom is -0.490 e. The minimum absolute atomic E-state index is 0.0192. The number of hydrogen-bond acceptors (Lipinski definition) is 4. The molecule has 1 aliphatic carbocycles. The molecule has 5 nitrogen and oxygen atoms in total. The van der Waals surface area contributed by atoms with Crippen LogP contribution in [0.3, 0.4) is 0 Å². The van der Waals surface area contributed by atoms with Crippen molar-refractivity contribution in [3.63, 3.8) is 0 Å². The highest BCUT2D eigenvalue weighted by Gasteiger charge is 2.28. The van der Waals surface area contributed by atoms with Gasteiger partial charge in [0.15, 0.2) is 5.78 Å². The summed E-state index contributed by atoms with van der Waals surface area (Å²) in [5.74, 6) is -0.0877. The van der Waals surface area contributed by atoms with Crippen LogP contribution in [0.5, 0.6) is 5.75 Å². The predicted octanol–water partition coefficient (Wildman–Crippen LogP) is 6.74. The maximum Gasteiger partial charge on any atom is 0.224 e. The van der Waals surface area contributed by atoms with E-state index in [1.165, 1.54) is 12.1 Å². The van der Waals surface area contributed by atoms with Crippen LogP contribution in [0.1, 0.15) is 68.9 Å². The lowest BCUT2D eigenvalue weighted by atomic mass is 9.90. The molecule has 1 fully saturated rings. The summed E-state index contributed by atoms with van der Waals surface area (Å²) in [7, 11) is 0. The molecule has 0 aliphatic heterocycles. The van der Waals surface area contributed by atoms with Gasteiger partial charge in [-0.25, -0.2) is 4.39 Å². The van der Waals surface area contributed by atoms with Gasteiger partial charge in [0.05, 0.1) is 6.04 Å². The van der Waals surface area contributed by atoms with Crippen LogP contribution in [0, 0.1) is 17.7 Å². The number of halogens is 1. The lowest BCUT2D eigenvalue weighted by Crippen LogP contribution is -2.44. The summed E-state index contributed by atoms with van der Waals surface area (Å²) in [6.45, 7) is 7.83. The molecule has 3 rings (SSSR count). The molecule has 0 heterocycles. The number of carbonyl (C=O) groups is 3. The van der Waals surface area contributed by atoms with Crippen LogP contribution in [0.25, 0.3) is 0 Å². The van der Waals surface area contributed by atoms with Crippen molar-refractivity contribution >= 4 is 17.5 Å². The zero-order chi connectivity index (χ0) is 28.7. The molecule has 1 aliphatic rings. The summed E-state index contributed by atoms with van der Waals surface area (Å²) >= 11 is 0. The summed E-state index contributed by atoms with van der Waals surface area (Å²) < 4.78 is 19.0. The SMILES string of the molecule is C=CCOc1cccc(CCC(=O)C[C@@H](CCc2ccc(F)cc2)C(=O)N[C@@H](CC=C)C(=O)CC2CCCC2)c1. The first-order valence-electron chi connectivity index (χ1n) is 14.4. The van der Waals surface area contributed by atoms with Crippen molar-refractivity contribution in [1.29, 1.82) is 0 Å². The molecular weight excluding hydrogens is 505 g/mol. The van der Waals surface area contributed by atoms with Crippen LogP contribution in [0.2, 0.25) is 0 Å². The molecule has 2 aromatic rings. The van der Waals surface area contributed by atoms with Gasteiger partial charge in [0.1, 0.15) is 24.0 Å². The van der Waals surface area contributed by atoms with Gasteiger partial charge in [-0.15, -0.1) is 6.58 Å². The van der Waals surface area contributed by atoms with E-state index in [0.717, 1.165) is 42.6 Å². The third kappa shape index (κ3) is 10.6. The van der Waals surface area contributed by atoms with E-state index in [-0.39, 0.29) is 29.7 Å². The van der Waals surface area contributed by atoms with Crippen molar-refractivity contribution in [3.8, 4) is 5.75 Å². The first kappa shape index (κ1) is 31.0. The average Bonchev–Trinajstić information content (AvgIpc) is 3.47. The fourth-order valence-corrected chi connectivity index (χ4v) is 5.29. The van der Waals surface area contributed by atoms with Crippen LogP contribution in [0.15, 0.2) is 73.8 Å². The number of amides is 1. The largest absolute Gasteiger partial charge is 0.490 e. The Morgan fingerprint density at radius 2 is 1.75 bits per heavy atom. The quantitative estimate of drug-likeness (QED) is 0.210. The van der Waals surface area contributed by atoms with Gasteiger partial charge in [-0.3, -0.25) is 14.4 Å². The number of hydrogen-bond donors (Lipinski definition) is 1. The van der Waals surface area contributed by atoms with Crippen molar-refractivity contribution in [2.24, 2.45) is 11.8 Å². The first-order chi connectivity index (χ1) is 19.4. The van der Waals surface area contributed by atoms with E-state index in [1.54, 1.807) is 24.3 Å². The molecule has 0 spiro atoms. The fourth-order valence-electron chi connectivity index (χ4n) is 5.29. The van der Waals surface area contributed by atoms with Gasteiger partial charge in [0.2, 0.25) is 5.91 Å². The standard InChI is InChI=1S/C34H42FNO4/c1-3-8-32(33(38)23-26-9-5-6-10-26)36-34(39)28(17-13-25-14-18-29(35)19-15-25)24-30(37)20-16-27-11-7-12-31(22-27)40-21-4-2/h3-4,7,11-12,14-15,18-19,22,26,28,32H,1-2,5-6,8-10,13,16-17,20-21,23-24H2,(H,36,39)/t28-,32+/m1/s1. The van der Waals surface area contributed by atoms with Gasteiger partial charge < -0.3 is 10.1 Å². The Balaban J connectivity index is 1.64. The number of carbonyl (C=O) groups excluding carboxylic acids is 3. The number of rotatable bonds is 18. The van der Waals surface area contributed by atoms with Crippen LogP contribution < -0.4 is 10.1 Å². The van der Waals surface area contributed by atoms with E-state index in [9.17, 15) is 18.8 Å². The zero-order valence-corrected chi connectivity index (χ0v) is 23.4. The summed E-state index contributed by atoms with van der Waals surface area (Å²) in [4.78, 5) is 39.6. The van der Waals surface area contributed by atoms with E-state index >= 15 is 0 Å². The monoisotopic (exact) mass is 547 g/mol. The number of benzene rings is 2. The summed E-state index contributed by atoms with van der Waals surface area (Å²) in [5, 5.41) is 2.95. The molecule has 1 N–H and O–H groups in total. The molecule has 40 heavy (non-hydrogen) atoms. The Bertz CT molecular complexity index is 1140. The molecule has 2 atom stereocenters. The summed E-state index contributed by atoms with van der Waals surface area (Å²) in [6, 6.07) is 13.1. The molecule has 0 unspecified atom stereocenters. The van der Waals surface area contributed by atoms with Crippen LogP contribution >= 0.6 is 0 Å². The summed E-state index contributed by atoms with van der Waals surface area (Å²) in [5.41, 5.74) is 1.87. The van der Waals surface area contributed by atoms with E-state index in [4.69, 9.17) is 4.74 Å². The molecule has 0 bridgehead atoms. The van der Waals surface area contributed by atoms with Gasteiger partial charge in [0.25, 0.3) is 0 Å². The van der Waals surface area contributed by atoms with Crippen molar-refractivity contribution < 1.29 is 23.5 Å². The lowest BCUT2D eigenvalue weighted by molar-refractivity contribution is -0.132. The lowest BCUT2D eigenvalue weighted by Gasteiger charge is -2.22. The van der Waals surface area contributed by atoms with E-state index < -0.39 is 12.0 Å². The van der Waals surface area contributed by atoms with Crippen LogP contribution in [0.4, 0.5) is 4.39 Å². The molecular formula is C34H42FNO4. The zero-order valence-electron chi connectivity index (χ0n) is 23.4. The predicted molar refractivity (Wildman–Crippen MR) is 157 cm³/mol. The number of ketones is 2. The molecule has 2 aromatic carbocycles. The topological polar surface area (TPSA) is 72.5 Å². The highest BCUT2D eigenvalue weighted by atomic mass is 19.1. The second-order valence-electron chi connectivity index (χ2n) is 10.8. The fraction of sp³-hybridized carbons (Fsp3) is 0.441.